The van der Waals surface area contributed by atoms with Crippen LogP contribution in [0.2, 0.25) is 10.0 Å². The summed E-state index contributed by atoms with van der Waals surface area (Å²) in [5.41, 5.74) is 2.22. The van der Waals surface area contributed by atoms with E-state index in [-0.39, 0.29) is 10.8 Å². The second kappa shape index (κ2) is 7.64. The summed E-state index contributed by atoms with van der Waals surface area (Å²) in [6.07, 6.45) is 0.349. The predicted octanol–water partition coefficient (Wildman–Crippen LogP) is 4.19. The molecule has 1 atom stereocenters. The van der Waals surface area contributed by atoms with Crippen molar-refractivity contribution in [2.45, 2.75) is 26.9 Å². The van der Waals surface area contributed by atoms with Gasteiger partial charge in [-0.1, -0.05) is 35.3 Å². The molecule has 1 heterocycles. The summed E-state index contributed by atoms with van der Waals surface area (Å²) in [7, 11) is 0. The summed E-state index contributed by atoms with van der Waals surface area (Å²) < 4.78 is 5.22. The van der Waals surface area contributed by atoms with Crippen LogP contribution in [0.5, 0.6) is 0 Å². The number of nitrogens with zero attached hydrogens (tertiary/aromatic N) is 1. The van der Waals surface area contributed by atoms with E-state index >= 15 is 0 Å². The van der Waals surface area contributed by atoms with Gasteiger partial charge in [0.25, 0.3) is 5.91 Å². The van der Waals surface area contributed by atoms with Gasteiger partial charge in [-0.25, -0.2) is 9.78 Å². The SMILES string of the molecule is Cc1cccc(C(=O)O[C@@H](C)C(=O)Nc2ncc(Cl)cc2Cl)c1C. The molecule has 0 aliphatic rings. The van der Waals surface area contributed by atoms with Gasteiger partial charge >= 0.3 is 5.97 Å². The first-order chi connectivity index (χ1) is 11.3. The largest absolute Gasteiger partial charge is 0.449 e. The molecule has 1 amide bonds. The number of aromatic nitrogens is 1. The maximum Gasteiger partial charge on any atom is 0.339 e. The molecule has 0 unspecified atom stereocenters. The van der Waals surface area contributed by atoms with Crippen LogP contribution in [0.4, 0.5) is 5.82 Å². The molecule has 24 heavy (non-hydrogen) atoms. The lowest BCUT2D eigenvalue weighted by Crippen LogP contribution is -2.30. The molecular formula is C17H16Cl2N2O3. The van der Waals surface area contributed by atoms with E-state index in [4.69, 9.17) is 27.9 Å². The highest BCUT2D eigenvalue weighted by Gasteiger charge is 2.21. The summed E-state index contributed by atoms with van der Waals surface area (Å²) in [6, 6.07) is 6.78. The fraction of sp³-hybridized carbons (Fsp3) is 0.235. The van der Waals surface area contributed by atoms with E-state index < -0.39 is 18.0 Å². The average Bonchev–Trinajstić information content (AvgIpc) is 2.52. The van der Waals surface area contributed by atoms with E-state index in [0.717, 1.165) is 11.1 Å². The maximum absolute atomic E-state index is 12.2. The van der Waals surface area contributed by atoms with Crippen molar-refractivity contribution in [3.8, 4) is 0 Å². The third kappa shape index (κ3) is 4.24. The lowest BCUT2D eigenvalue weighted by molar-refractivity contribution is -0.123. The number of carbonyl (C=O) groups is 2. The Kier molecular flexibility index (Phi) is 5.80. The molecule has 0 bridgehead atoms. The lowest BCUT2D eigenvalue weighted by atomic mass is 10.0. The van der Waals surface area contributed by atoms with Crippen LogP contribution in [-0.2, 0) is 9.53 Å². The van der Waals surface area contributed by atoms with Gasteiger partial charge in [-0.2, -0.15) is 0 Å². The van der Waals surface area contributed by atoms with Crippen LogP contribution in [0, 0.1) is 13.8 Å². The number of hydrogen-bond acceptors (Lipinski definition) is 4. The Hall–Kier alpha value is -2.11. The second-order valence-corrected chi connectivity index (χ2v) is 6.11. The lowest BCUT2D eigenvalue weighted by Gasteiger charge is -2.15. The number of halogens is 2. The van der Waals surface area contributed by atoms with Crippen LogP contribution in [-0.4, -0.2) is 23.0 Å². The molecule has 126 valence electrons. The Balaban J connectivity index is 2.06. The maximum atomic E-state index is 12.2. The van der Waals surface area contributed by atoms with Gasteiger partial charge in [0.1, 0.15) is 0 Å². The summed E-state index contributed by atoms with van der Waals surface area (Å²) in [4.78, 5) is 28.3. The number of ether oxygens (including phenoxy) is 1. The molecule has 1 aromatic carbocycles. The topological polar surface area (TPSA) is 68.3 Å². The number of pyridine rings is 1. The molecule has 1 N–H and O–H groups in total. The molecule has 7 heteroatoms. The number of anilines is 1. The zero-order valence-electron chi connectivity index (χ0n) is 13.4. The fourth-order valence-electron chi connectivity index (χ4n) is 1.97. The molecule has 0 spiro atoms. The first-order valence-corrected chi connectivity index (χ1v) is 7.94. The first-order valence-electron chi connectivity index (χ1n) is 7.18. The molecule has 2 rings (SSSR count). The highest BCUT2D eigenvalue weighted by molar-refractivity contribution is 6.36. The summed E-state index contributed by atoms with van der Waals surface area (Å²) >= 11 is 11.7. The van der Waals surface area contributed by atoms with Crippen molar-refractivity contribution < 1.29 is 14.3 Å². The van der Waals surface area contributed by atoms with E-state index in [1.807, 2.05) is 19.9 Å². The zero-order chi connectivity index (χ0) is 17.9. The zero-order valence-corrected chi connectivity index (χ0v) is 14.9. The van der Waals surface area contributed by atoms with Gasteiger partial charge in [-0.3, -0.25) is 4.79 Å². The van der Waals surface area contributed by atoms with Crippen LogP contribution in [0.1, 0.15) is 28.4 Å². The van der Waals surface area contributed by atoms with Gasteiger partial charge in [0, 0.05) is 6.20 Å². The van der Waals surface area contributed by atoms with Gasteiger partial charge in [-0.15, -0.1) is 0 Å². The van der Waals surface area contributed by atoms with E-state index in [1.54, 1.807) is 12.1 Å². The van der Waals surface area contributed by atoms with E-state index in [0.29, 0.717) is 10.6 Å². The van der Waals surface area contributed by atoms with Crippen LogP contribution < -0.4 is 5.32 Å². The number of hydrogen-bond donors (Lipinski definition) is 1. The molecule has 0 aliphatic carbocycles. The number of nitrogens with one attached hydrogen (secondary N) is 1. The number of aryl methyl sites for hydroxylation is 1. The van der Waals surface area contributed by atoms with Gasteiger partial charge < -0.3 is 10.1 Å². The number of rotatable bonds is 4. The van der Waals surface area contributed by atoms with Crippen LogP contribution in [0.15, 0.2) is 30.5 Å². The Bertz CT molecular complexity index is 793. The molecule has 0 saturated carbocycles. The quantitative estimate of drug-likeness (QED) is 0.823. The Morgan fingerprint density at radius 2 is 1.96 bits per heavy atom. The Morgan fingerprint density at radius 3 is 2.62 bits per heavy atom. The van der Waals surface area contributed by atoms with Gasteiger partial charge in [0.2, 0.25) is 0 Å². The van der Waals surface area contributed by atoms with Crippen molar-refractivity contribution in [2.24, 2.45) is 0 Å². The van der Waals surface area contributed by atoms with Crippen molar-refractivity contribution in [3.63, 3.8) is 0 Å². The minimum absolute atomic E-state index is 0.153. The summed E-state index contributed by atoms with van der Waals surface area (Å²) in [6.45, 7) is 5.20. The van der Waals surface area contributed by atoms with E-state index in [1.165, 1.54) is 19.2 Å². The Labute approximate surface area is 149 Å². The standard InChI is InChI=1S/C17H16Cl2N2O3/c1-9-5-4-6-13(10(9)2)17(23)24-11(3)16(22)21-15-14(19)7-12(18)8-20-15/h4-8,11H,1-3H3,(H,20,21,22)/t11-/m0/s1. The predicted molar refractivity (Wildman–Crippen MR) is 93.7 cm³/mol. The van der Waals surface area contributed by atoms with Crippen molar-refractivity contribution in [2.75, 3.05) is 5.32 Å². The molecule has 0 aliphatic heterocycles. The molecule has 0 saturated heterocycles. The van der Waals surface area contributed by atoms with Crippen LogP contribution in [0.25, 0.3) is 0 Å². The minimum atomic E-state index is -1.01. The van der Waals surface area contributed by atoms with Crippen molar-refractivity contribution in [3.05, 3.63) is 57.2 Å². The molecule has 2 aromatic rings. The summed E-state index contributed by atoms with van der Waals surface area (Å²) in [5.74, 6) is -0.944. The third-order valence-corrected chi connectivity index (χ3v) is 4.02. The smallest absolute Gasteiger partial charge is 0.339 e. The third-order valence-electron chi connectivity index (χ3n) is 3.53. The van der Waals surface area contributed by atoms with E-state index in [9.17, 15) is 9.59 Å². The monoisotopic (exact) mass is 366 g/mol. The van der Waals surface area contributed by atoms with Crippen molar-refractivity contribution >= 4 is 40.9 Å². The van der Waals surface area contributed by atoms with Gasteiger partial charge in [0.15, 0.2) is 11.9 Å². The second-order valence-electron chi connectivity index (χ2n) is 5.27. The molecular weight excluding hydrogens is 351 g/mol. The number of amides is 1. The minimum Gasteiger partial charge on any atom is -0.449 e. The highest BCUT2D eigenvalue weighted by atomic mass is 35.5. The normalized spacial score (nSPS) is 11.7. The van der Waals surface area contributed by atoms with Gasteiger partial charge in [-0.05, 0) is 44.0 Å². The van der Waals surface area contributed by atoms with Crippen molar-refractivity contribution in [1.29, 1.82) is 0 Å². The molecule has 0 radical (unpaired) electrons. The highest BCUT2D eigenvalue weighted by Crippen LogP contribution is 2.23. The number of benzene rings is 1. The fourth-order valence-corrected chi connectivity index (χ4v) is 2.40. The first kappa shape index (κ1) is 18.2. The molecule has 5 nitrogen and oxygen atoms in total. The number of carbonyl (C=O) groups excluding carboxylic acids is 2. The number of esters is 1. The average molecular weight is 367 g/mol. The van der Waals surface area contributed by atoms with Crippen molar-refractivity contribution in [1.82, 2.24) is 4.98 Å². The van der Waals surface area contributed by atoms with Crippen LogP contribution in [0.3, 0.4) is 0 Å². The van der Waals surface area contributed by atoms with Crippen LogP contribution >= 0.6 is 23.2 Å². The molecule has 0 fully saturated rings. The molecule has 1 aromatic heterocycles. The van der Waals surface area contributed by atoms with Gasteiger partial charge in [0.05, 0.1) is 15.6 Å². The Morgan fingerprint density at radius 1 is 1.25 bits per heavy atom. The van der Waals surface area contributed by atoms with E-state index in [2.05, 4.69) is 10.3 Å². The summed E-state index contributed by atoms with van der Waals surface area (Å²) in [5, 5.41) is 3.05.